The van der Waals surface area contributed by atoms with Gasteiger partial charge in [0.05, 0.1) is 27.4 Å². The van der Waals surface area contributed by atoms with Gasteiger partial charge in [0.1, 0.15) is 0 Å². The summed E-state index contributed by atoms with van der Waals surface area (Å²) in [5.41, 5.74) is -2.85. The van der Waals surface area contributed by atoms with E-state index in [1.54, 1.807) is 27.7 Å². The third kappa shape index (κ3) is 2.54. The standard InChI is InChI=1S/C12H14BClF3NO2/c1-10(2)11(3,4)20-13(19-10)9-8(12(15,16)17)7(14)5-6-18-9/h5-6H,1-4H3. The Labute approximate surface area is 120 Å². The van der Waals surface area contributed by atoms with Crippen molar-refractivity contribution in [1.29, 1.82) is 0 Å². The Morgan fingerprint density at radius 2 is 1.65 bits per heavy atom. The zero-order valence-electron chi connectivity index (χ0n) is 11.5. The van der Waals surface area contributed by atoms with Crippen LogP contribution in [0.15, 0.2) is 12.3 Å². The smallest absolute Gasteiger partial charge is 0.398 e. The molecule has 1 aliphatic rings. The van der Waals surface area contributed by atoms with Crippen molar-refractivity contribution in [1.82, 2.24) is 4.98 Å². The molecule has 1 aliphatic heterocycles. The van der Waals surface area contributed by atoms with Crippen molar-refractivity contribution in [3.63, 3.8) is 0 Å². The van der Waals surface area contributed by atoms with Gasteiger partial charge in [0, 0.05) is 6.20 Å². The average molecular weight is 308 g/mol. The molecule has 8 heteroatoms. The number of hydrogen-bond donors (Lipinski definition) is 0. The summed E-state index contributed by atoms with van der Waals surface area (Å²) in [7, 11) is -1.20. The van der Waals surface area contributed by atoms with Crippen LogP contribution in [-0.2, 0) is 15.5 Å². The topological polar surface area (TPSA) is 31.4 Å². The summed E-state index contributed by atoms with van der Waals surface area (Å²) in [6.45, 7) is 7.02. The van der Waals surface area contributed by atoms with E-state index < -0.39 is 35.1 Å². The molecule has 3 nitrogen and oxygen atoms in total. The molecule has 1 saturated heterocycles. The molecule has 0 radical (unpaired) electrons. The van der Waals surface area contributed by atoms with Crippen LogP contribution in [0.1, 0.15) is 33.3 Å². The van der Waals surface area contributed by atoms with E-state index in [4.69, 9.17) is 20.9 Å². The Bertz CT molecular complexity index is 518. The summed E-state index contributed by atoms with van der Waals surface area (Å²) < 4.78 is 50.5. The first-order chi connectivity index (χ1) is 8.96. The molecule has 1 aromatic heterocycles. The summed E-state index contributed by atoms with van der Waals surface area (Å²) >= 11 is 5.66. The van der Waals surface area contributed by atoms with Crippen molar-refractivity contribution in [2.45, 2.75) is 45.1 Å². The zero-order valence-corrected chi connectivity index (χ0v) is 12.3. The van der Waals surface area contributed by atoms with Gasteiger partial charge in [0.25, 0.3) is 0 Å². The molecule has 20 heavy (non-hydrogen) atoms. The van der Waals surface area contributed by atoms with E-state index >= 15 is 0 Å². The fraction of sp³-hybridized carbons (Fsp3) is 0.583. The highest BCUT2D eigenvalue weighted by molar-refractivity contribution is 6.62. The van der Waals surface area contributed by atoms with Gasteiger partial charge in [-0.05, 0) is 33.8 Å². The normalized spacial score (nSPS) is 21.3. The molecule has 110 valence electrons. The van der Waals surface area contributed by atoms with Crippen LogP contribution in [0, 0.1) is 0 Å². The van der Waals surface area contributed by atoms with Crippen molar-refractivity contribution in [2.24, 2.45) is 0 Å². The van der Waals surface area contributed by atoms with Gasteiger partial charge in [-0.3, -0.25) is 4.98 Å². The van der Waals surface area contributed by atoms with Crippen LogP contribution in [0.5, 0.6) is 0 Å². The number of nitrogens with zero attached hydrogens (tertiary/aromatic N) is 1. The first-order valence-electron chi connectivity index (χ1n) is 6.03. The fourth-order valence-electron chi connectivity index (χ4n) is 1.87. The van der Waals surface area contributed by atoms with Crippen LogP contribution in [0.25, 0.3) is 0 Å². The molecule has 0 atom stereocenters. The van der Waals surface area contributed by atoms with Gasteiger partial charge >= 0.3 is 13.3 Å². The molecule has 0 aromatic carbocycles. The molecule has 2 heterocycles. The molecule has 1 fully saturated rings. The molecule has 0 bridgehead atoms. The Morgan fingerprint density at radius 3 is 2.10 bits per heavy atom. The monoisotopic (exact) mass is 307 g/mol. The predicted octanol–water partition coefficient (Wildman–Crippen LogP) is 3.05. The van der Waals surface area contributed by atoms with Crippen LogP contribution in [0.3, 0.4) is 0 Å². The zero-order chi connectivity index (χ0) is 15.3. The van der Waals surface area contributed by atoms with Gasteiger partial charge in [0.15, 0.2) is 0 Å². The number of pyridine rings is 1. The van der Waals surface area contributed by atoms with Gasteiger partial charge in [-0.15, -0.1) is 0 Å². The molecular formula is C12H14BClF3NO2. The minimum Gasteiger partial charge on any atom is -0.398 e. The van der Waals surface area contributed by atoms with Gasteiger partial charge in [-0.1, -0.05) is 11.6 Å². The molecule has 0 spiro atoms. The molecule has 0 N–H and O–H groups in total. The predicted molar refractivity (Wildman–Crippen MR) is 70.0 cm³/mol. The Morgan fingerprint density at radius 1 is 1.15 bits per heavy atom. The van der Waals surface area contributed by atoms with Gasteiger partial charge in [-0.2, -0.15) is 13.2 Å². The minimum atomic E-state index is -4.62. The Balaban J connectivity index is 2.49. The van der Waals surface area contributed by atoms with Crippen molar-refractivity contribution >= 4 is 24.3 Å². The second kappa shape index (κ2) is 4.61. The Hall–Kier alpha value is -0.785. The second-order valence-electron chi connectivity index (χ2n) is 5.64. The van der Waals surface area contributed by atoms with Crippen LogP contribution < -0.4 is 5.59 Å². The van der Waals surface area contributed by atoms with Crippen LogP contribution in [0.2, 0.25) is 5.02 Å². The maximum Gasteiger partial charge on any atom is 0.515 e. The summed E-state index contributed by atoms with van der Waals surface area (Å²) in [6, 6.07) is 1.10. The summed E-state index contributed by atoms with van der Waals surface area (Å²) in [4.78, 5) is 3.76. The maximum absolute atomic E-state index is 13.1. The SMILES string of the molecule is CC1(C)OB(c2nccc(Cl)c2C(F)(F)F)OC1(C)C. The number of alkyl halides is 3. The summed E-state index contributed by atoms with van der Waals surface area (Å²) in [5, 5.41) is -0.419. The maximum atomic E-state index is 13.1. The van der Waals surface area contributed by atoms with Crippen LogP contribution in [0.4, 0.5) is 13.2 Å². The molecule has 2 rings (SSSR count). The lowest BCUT2D eigenvalue weighted by Gasteiger charge is -2.32. The van der Waals surface area contributed by atoms with Crippen LogP contribution >= 0.6 is 11.6 Å². The first-order valence-corrected chi connectivity index (χ1v) is 6.41. The van der Waals surface area contributed by atoms with Crippen molar-refractivity contribution in [3.8, 4) is 0 Å². The Kier molecular flexibility index (Phi) is 3.60. The van der Waals surface area contributed by atoms with Crippen molar-refractivity contribution in [2.75, 3.05) is 0 Å². The van der Waals surface area contributed by atoms with E-state index in [9.17, 15) is 13.2 Å². The first kappa shape index (κ1) is 15.6. The largest absolute Gasteiger partial charge is 0.515 e. The minimum absolute atomic E-state index is 0.344. The second-order valence-corrected chi connectivity index (χ2v) is 6.05. The number of rotatable bonds is 1. The molecular weight excluding hydrogens is 293 g/mol. The molecule has 0 amide bonds. The van der Waals surface area contributed by atoms with Crippen LogP contribution in [-0.4, -0.2) is 23.3 Å². The lowest BCUT2D eigenvalue weighted by atomic mass is 9.80. The molecule has 0 unspecified atom stereocenters. The van der Waals surface area contributed by atoms with Crippen molar-refractivity contribution in [3.05, 3.63) is 22.8 Å². The van der Waals surface area contributed by atoms with E-state index in [1.165, 1.54) is 6.20 Å². The third-order valence-corrected chi connectivity index (χ3v) is 4.00. The number of hydrogen-bond acceptors (Lipinski definition) is 3. The number of aromatic nitrogens is 1. The molecule has 0 aliphatic carbocycles. The van der Waals surface area contributed by atoms with E-state index in [1.807, 2.05) is 0 Å². The van der Waals surface area contributed by atoms with Gasteiger partial charge in [0.2, 0.25) is 0 Å². The van der Waals surface area contributed by atoms with E-state index in [0.29, 0.717) is 0 Å². The number of halogens is 4. The third-order valence-electron chi connectivity index (χ3n) is 3.69. The highest BCUT2D eigenvalue weighted by atomic mass is 35.5. The lowest BCUT2D eigenvalue weighted by Crippen LogP contribution is -2.41. The molecule has 1 aromatic rings. The fourth-order valence-corrected chi connectivity index (χ4v) is 2.13. The lowest BCUT2D eigenvalue weighted by molar-refractivity contribution is -0.137. The van der Waals surface area contributed by atoms with E-state index in [2.05, 4.69) is 4.98 Å². The van der Waals surface area contributed by atoms with E-state index in [0.717, 1.165) is 6.07 Å². The summed E-state index contributed by atoms with van der Waals surface area (Å²) in [6.07, 6.45) is -3.41. The van der Waals surface area contributed by atoms with E-state index in [-0.39, 0.29) is 5.59 Å². The quantitative estimate of drug-likeness (QED) is 0.747. The summed E-state index contributed by atoms with van der Waals surface area (Å²) in [5.74, 6) is 0. The van der Waals surface area contributed by atoms with Gasteiger partial charge < -0.3 is 9.31 Å². The highest BCUT2D eigenvalue weighted by Crippen LogP contribution is 2.39. The highest BCUT2D eigenvalue weighted by Gasteiger charge is 2.54. The van der Waals surface area contributed by atoms with Gasteiger partial charge in [-0.25, -0.2) is 0 Å². The average Bonchev–Trinajstić information content (AvgIpc) is 2.46. The van der Waals surface area contributed by atoms with Crippen molar-refractivity contribution < 1.29 is 22.5 Å². The molecule has 0 saturated carbocycles.